The van der Waals surface area contributed by atoms with Gasteiger partial charge in [-0.05, 0) is 18.6 Å². The summed E-state index contributed by atoms with van der Waals surface area (Å²) in [7, 11) is -4.53. The van der Waals surface area contributed by atoms with Crippen LogP contribution in [0.4, 0.5) is 13.2 Å². The van der Waals surface area contributed by atoms with E-state index in [4.69, 9.17) is 4.55 Å². The molecule has 0 aliphatic heterocycles. The SMILES string of the molecule is Cc1ccc(S(=O)(=O)O)c(CC(F)C(F)F)c1. The summed E-state index contributed by atoms with van der Waals surface area (Å²) in [5.74, 6) is 0. The topological polar surface area (TPSA) is 54.4 Å². The first-order valence-corrected chi connectivity index (χ1v) is 6.15. The van der Waals surface area contributed by atoms with E-state index in [0.29, 0.717) is 5.56 Å². The van der Waals surface area contributed by atoms with Crippen molar-refractivity contribution in [1.82, 2.24) is 0 Å². The average molecular weight is 268 g/mol. The smallest absolute Gasteiger partial charge is 0.282 e. The Kier molecular flexibility index (Phi) is 4.16. The minimum Gasteiger partial charge on any atom is -0.282 e. The van der Waals surface area contributed by atoms with E-state index in [1.54, 1.807) is 6.92 Å². The van der Waals surface area contributed by atoms with E-state index in [2.05, 4.69) is 0 Å². The maximum atomic E-state index is 12.9. The summed E-state index contributed by atoms with van der Waals surface area (Å²) in [6.45, 7) is 1.60. The lowest BCUT2D eigenvalue weighted by Gasteiger charge is -2.11. The molecule has 3 nitrogen and oxygen atoms in total. The number of aryl methyl sites for hydroxylation is 1. The zero-order chi connectivity index (χ0) is 13.2. The van der Waals surface area contributed by atoms with Crippen LogP contribution >= 0.6 is 0 Å². The van der Waals surface area contributed by atoms with Crippen molar-refractivity contribution >= 4 is 10.1 Å². The van der Waals surface area contributed by atoms with Crippen LogP contribution in [0.2, 0.25) is 0 Å². The molecule has 1 unspecified atom stereocenters. The molecule has 7 heteroatoms. The Labute approximate surface area is 97.0 Å². The highest BCUT2D eigenvalue weighted by molar-refractivity contribution is 7.85. The molecule has 1 atom stereocenters. The molecule has 1 aromatic rings. The highest BCUT2D eigenvalue weighted by Crippen LogP contribution is 2.21. The molecule has 0 spiro atoms. The van der Waals surface area contributed by atoms with Gasteiger partial charge in [-0.3, -0.25) is 4.55 Å². The number of hydrogen-bond acceptors (Lipinski definition) is 2. The summed E-state index contributed by atoms with van der Waals surface area (Å²) in [4.78, 5) is -0.536. The summed E-state index contributed by atoms with van der Waals surface area (Å²) in [6.07, 6.45) is -6.41. The largest absolute Gasteiger partial charge is 0.294 e. The van der Waals surface area contributed by atoms with Gasteiger partial charge in [-0.15, -0.1) is 0 Å². The Morgan fingerprint density at radius 2 is 1.88 bits per heavy atom. The zero-order valence-electron chi connectivity index (χ0n) is 8.90. The van der Waals surface area contributed by atoms with Gasteiger partial charge >= 0.3 is 0 Å². The Hall–Kier alpha value is -1.08. The number of halogens is 3. The minimum atomic E-state index is -4.53. The van der Waals surface area contributed by atoms with Crippen molar-refractivity contribution in [2.45, 2.75) is 30.8 Å². The summed E-state index contributed by atoms with van der Waals surface area (Å²) in [6, 6.07) is 3.72. The van der Waals surface area contributed by atoms with Gasteiger partial charge in [0.15, 0.2) is 6.17 Å². The summed E-state index contributed by atoms with van der Waals surface area (Å²) in [5, 5.41) is 0. The molecule has 0 bridgehead atoms. The van der Waals surface area contributed by atoms with Crippen LogP contribution < -0.4 is 0 Å². The van der Waals surface area contributed by atoms with E-state index < -0.39 is 34.0 Å². The molecule has 0 aliphatic carbocycles. The van der Waals surface area contributed by atoms with Crippen molar-refractivity contribution in [2.24, 2.45) is 0 Å². The van der Waals surface area contributed by atoms with Crippen molar-refractivity contribution in [3.05, 3.63) is 29.3 Å². The van der Waals surface area contributed by atoms with Crippen molar-refractivity contribution in [1.29, 1.82) is 0 Å². The van der Waals surface area contributed by atoms with Crippen molar-refractivity contribution in [2.75, 3.05) is 0 Å². The van der Waals surface area contributed by atoms with Crippen LogP contribution in [-0.2, 0) is 16.5 Å². The first-order chi connectivity index (χ1) is 7.71. The van der Waals surface area contributed by atoms with Crippen LogP contribution in [0.15, 0.2) is 23.1 Å². The highest BCUT2D eigenvalue weighted by Gasteiger charge is 2.24. The quantitative estimate of drug-likeness (QED) is 0.853. The molecule has 96 valence electrons. The van der Waals surface area contributed by atoms with Gasteiger partial charge in [0, 0.05) is 6.42 Å². The second-order valence-corrected chi connectivity index (χ2v) is 5.03. The van der Waals surface area contributed by atoms with Gasteiger partial charge in [0.05, 0.1) is 4.90 Å². The second kappa shape index (κ2) is 5.05. The van der Waals surface area contributed by atoms with Crippen molar-refractivity contribution in [3.8, 4) is 0 Å². The van der Waals surface area contributed by atoms with Crippen molar-refractivity contribution < 1.29 is 26.1 Å². The molecule has 1 aromatic carbocycles. The molecule has 0 radical (unpaired) electrons. The van der Waals surface area contributed by atoms with Gasteiger partial charge in [-0.25, -0.2) is 13.2 Å². The van der Waals surface area contributed by atoms with E-state index in [9.17, 15) is 21.6 Å². The average Bonchev–Trinajstić information content (AvgIpc) is 2.15. The molecule has 0 aromatic heterocycles. The first kappa shape index (κ1) is 14.0. The predicted molar refractivity (Wildman–Crippen MR) is 55.6 cm³/mol. The van der Waals surface area contributed by atoms with E-state index in [0.717, 1.165) is 6.07 Å². The fourth-order valence-corrected chi connectivity index (χ4v) is 2.13. The van der Waals surface area contributed by atoms with Crippen LogP contribution in [0, 0.1) is 6.92 Å². The molecule has 0 fully saturated rings. The predicted octanol–water partition coefficient (Wildman–Crippen LogP) is 2.39. The molecule has 17 heavy (non-hydrogen) atoms. The summed E-state index contributed by atoms with van der Waals surface area (Å²) >= 11 is 0. The molecular formula is C10H11F3O3S. The van der Waals surface area contributed by atoms with E-state index in [1.807, 2.05) is 0 Å². The molecule has 1 N–H and O–H groups in total. The normalized spacial score (nSPS) is 14.0. The van der Waals surface area contributed by atoms with Gasteiger partial charge in [0.2, 0.25) is 0 Å². The Balaban J connectivity index is 3.17. The molecule has 0 aliphatic rings. The van der Waals surface area contributed by atoms with Crippen LogP contribution in [0.25, 0.3) is 0 Å². The molecule has 0 heterocycles. The fourth-order valence-electron chi connectivity index (χ4n) is 1.42. The lowest BCUT2D eigenvalue weighted by atomic mass is 10.1. The van der Waals surface area contributed by atoms with E-state index >= 15 is 0 Å². The fraction of sp³-hybridized carbons (Fsp3) is 0.400. The van der Waals surface area contributed by atoms with Crippen LogP contribution in [0.1, 0.15) is 11.1 Å². The van der Waals surface area contributed by atoms with Gasteiger partial charge < -0.3 is 0 Å². The number of benzene rings is 1. The Bertz CT molecular complexity index is 500. The van der Waals surface area contributed by atoms with Crippen LogP contribution in [0.3, 0.4) is 0 Å². The first-order valence-electron chi connectivity index (χ1n) is 4.71. The van der Waals surface area contributed by atoms with Gasteiger partial charge in [0.25, 0.3) is 16.5 Å². The van der Waals surface area contributed by atoms with Gasteiger partial charge in [-0.1, -0.05) is 17.7 Å². The van der Waals surface area contributed by atoms with Gasteiger partial charge in [0.1, 0.15) is 0 Å². The Morgan fingerprint density at radius 3 is 2.35 bits per heavy atom. The number of alkyl halides is 3. The number of rotatable bonds is 4. The molecule has 1 rings (SSSR count). The highest BCUT2D eigenvalue weighted by atomic mass is 32.2. The second-order valence-electron chi connectivity index (χ2n) is 3.64. The van der Waals surface area contributed by atoms with Crippen LogP contribution in [0.5, 0.6) is 0 Å². The van der Waals surface area contributed by atoms with Crippen LogP contribution in [-0.4, -0.2) is 25.6 Å². The number of hydrogen-bond donors (Lipinski definition) is 1. The standard InChI is InChI=1S/C10H11F3O3S/c1-6-2-3-9(17(14,15)16)7(4-6)5-8(11)10(12)13/h2-4,8,10H,5H2,1H3,(H,14,15,16). The maximum Gasteiger partial charge on any atom is 0.294 e. The molecule has 0 saturated carbocycles. The van der Waals surface area contributed by atoms with Gasteiger partial charge in [-0.2, -0.15) is 8.42 Å². The third-order valence-electron chi connectivity index (χ3n) is 2.18. The summed E-state index contributed by atoms with van der Waals surface area (Å²) in [5.41, 5.74) is 0.439. The zero-order valence-corrected chi connectivity index (χ0v) is 9.72. The van der Waals surface area contributed by atoms with E-state index in [-0.39, 0.29) is 5.56 Å². The third-order valence-corrected chi connectivity index (χ3v) is 3.14. The molecule has 0 amide bonds. The lowest BCUT2D eigenvalue weighted by Crippen LogP contribution is -2.17. The summed E-state index contributed by atoms with van der Waals surface area (Å²) < 4.78 is 67.8. The third kappa shape index (κ3) is 3.71. The maximum absolute atomic E-state index is 12.9. The Morgan fingerprint density at radius 1 is 1.29 bits per heavy atom. The van der Waals surface area contributed by atoms with E-state index in [1.165, 1.54) is 12.1 Å². The minimum absolute atomic E-state index is 0.152. The van der Waals surface area contributed by atoms with Crippen molar-refractivity contribution in [3.63, 3.8) is 0 Å². The lowest BCUT2D eigenvalue weighted by molar-refractivity contribution is 0.0500. The molecular weight excluding hydrogens is 257 g/mol. The molecule has 0 saturated heterocycles. The monoisotopic (exact) mass is 268 g/mol.